The molecule has 112 valence electrons. The van der Waals surface area contributed by atoms with Crippen LogP contribution in [0.15, 0.2) is 18.2 Å². The molecule has 0 saturated heterocycles. The van der Waals surface area contributed by atoms with Gasteiger partial charge in [-0.1, -0.05) is 26.0 Å². The van der Waals surface area contributed by atoms with Crippen molar-refractivity contribution in [1.29, 1.82) is 0 Å². The minimum absolute atomic E-state index is 0.482. The zero-order valence-corrected chi connectivity index (χ0v) is 13.0. The highest BCUT2D eigenvalue weighted by Gasteiger charge is 2.34. The van der Waals surface area contributed by atoms with Gasteiger partial charge in [0.2, 0.25) is 0 Å². The number of nitrogens with two attached hydrogens (primary N) is 1. The third-order valence-corrected chi connectivity index (χ3v) is 5.48. The number of benzene rings is 1. The Morgan fingerprint density at radius 1 is 1.25 bits per heavy atom. The van der Waals surface area contributed by atoms with Crippen LogP contribution in [0.1, 0.15) is 32.3 Å². The zero-order valence-electron chi connectivity index (χ0n) is 12.2. The van der Waals surface area contributed by atoms with E-state index in [0.717, 1.165) is 24.8 Å². The lowest BCUT2D eigenvalue weighted by atomic mass is 10.1. The molecule has 6 heteroatoms. The molecule has 0 aliphatic carbocycles. The summed E-state index contributed by atoms with van der Waals surface area (Å²) >= 11 is 0. The molecule has 0 fully saturated rings. The Morgan fingerprint density at radius 3 is 2.50 bits per heavy atom. The molecule has 2 rings (SSSR count). The molecule has 5 nitrogen and oxygen atoms in total. The summed E-state index contributed by atoms with van der Waals surface area (Å²) in [7, 11) is -3.47. The summed E-state index contributed by atoms with van der Waals surface area (Å²) in [6.45, 7) is 5.56. The first-order valence-corrected chi connectivity index (χ1v) is 8.57. The molecule has 1 aliphatic heterocycles. The van der Waals surface area contributed by atoms with Crippen LogP contribution in [0, 0.1) is 0 Å². The van der Waals surface area contributed by atoms with E-state index in [0.29, 0.717) is 31.0 Å². The van der Waals surface area contributed by atoms with Crippen molar-refractivity contribution >= 4 is 21.6 Å². The van der Waals surface area contributed by atoms with E-state index in [2.05, 4.69) is 0 Å². The lowest BCUT2D eigenvalue weighted by Crippen LogP contribution is -2.44. The first-order valence-electron chi connectivity index (χ1n) is 7.17. The van der Waals surface area contributed by atoms with Gasteiger partial charge in [-0.3, -0.25) is 4.31 Å². The monoisotopic (exact) mass is 297 g/mol. The molecule has 1 aromatic carbocycles. The van der Waals surface area contributed by atoms with Gasteiger partial charge in [0.15, 0.2) is 0 Å². The van der Waals surface area contributed by atoms with Gasteiger partial charge < -0.3 is 5.73 Å². The van der Waals surface area contributed by atoms with Crippen LogP contribution in [0.5, 0.6) is 0 Å². The standard InChI is InChI=1S/C14H23N3O2S/c1-3-9-16(10-4-2)20(18,19)17-11-8-12-6-5-7-13(15)14(12)17/h5-7H,3-4,8-11,15H2,1-2H3. The Hall–Kier alpha value is -1.27. The van der Waals surface area contributed by atoms with Gasteiger partial charge in [0.05, 0.1) is 11.4 Å². The van der Waals surface area contributed by atoms with E-state index in [4.69, 9.17) is 5.73 Å². The van der Waals surface area contributed by atoms with Gasteiger partial charge in [-0.25, -0.2) is 0 Å². The highest BCUT2D eigenvalue weighted by atomic mass is 32.2. The molecule has 1 heterocycles. The topological polar surface area (TPSA) is 66.6 Å². The smallest absolute Gasteiger partial charge is 0.304 e. The summed E-state index contributed by atoms with van der Waals surface area (Å²) in [6, 6.07) is 5.59. The summed E-state index contributed by atoms with van der Waals surface area (Å²) in [5.41, 5.74) is 8.21. The number of hydrogen-bond donors (Lipinski definition) is 1. The summed E-state index contributed by atoms with van der Waals surface area (Å²) in [5, 5.41) is 0. The minimum Gasteiger partial charge on any atom is -0.397 e. The quantitative estimate of drug-likeness (QED) is 0.817. The van der Waals surface area contributed by atoms with Crippen molar-refractivity contribution in [3.8, 4) is 0 Å². The Balaban J connectivity index is 2.37. The van der Waals surface area contributed by atoms with Crippen LogP contribution in [0.2, 0.25) is 0 Å². The fourth-order valence-corrected chi connectivity index (χ4v) is 4.54. The molecule has 0 bridgehead atoms. The second-order valence-corrected chi connectivity index (χ2v) is 6.94. The van der Waals surface area contributed by atoms with Crippen LogP contribution in [-0.2, 0) is 16.6 Å². The molecule has 2 N–H and O–H groups in total. The fraction of sp³-hybridized carbons (Fsp3) is 0.571. The Labute approximate surface area is 121 Å². The van der Waals surface area contributed by atoms with Gasteiger partial charge >= 0.3 is 10.2 Å². The molecule has 1 aliphatic rings. The van der Waals surface area contributed by atoms with Crippen molar-refractivity contribution in [2.24, 2.45) is 0 Å². The Morgan fingerprint density at radius 2 is 1.90 bits per heavy atom. The van der Waals surface area contributed by atoms with Crippen molar-refractivity contribution in [1.82, 2.24) is 4.31 Å². The molecule has 0 unspecified atom stereocenters. The summed E-state index contributed by atoms with van der Waals surface area (Å²) in [5.74, 6) is 0. The maximum absolute atomic E-state index is 12.8. The van der Waals surface area contributed by atoms with Crippen LogP contribution in [0.25, 0.3) is 0 Å². The predicted octanol–water partition coefficient (Wildman–Crippen LogP) is 2.00. The fourth-order valence-electron chi connectivity index (χ4n) is 2.66. The van der Waals surface area contributed by atoms with Crippen molar-refractivity contribution < 1.29 is 8.42 Å². The van der Waals surface area contributed by atoms with Crippen LogP contribution < -0.4 is 10.0 Å². The zero-order chi connectivity index (χ0) is 14.8. The average Bonchev–Trinajstić information content (AvgIpc) is 2.84. The van der Waals surface area contributed by atoms with Gasteiger partial charge in [-0.15, -0.1) is 0 Å². The molecule has 0 spiro atoms. The van der Waals surface area contributed by atoms with Crippen LogP contribution in [0.4, 0.5) is 11.4 Å². The third kappa shape index (κ3) is 2.62. The van der Waals surface area contributed by atoms with E-state index in [1.165, 1.54) is 4.31 Å². The van der Waals surface area contributed by atoms with Gasteiger partial charge in [-0.2, -0.15) is 12.7 Å². The summed E-state index contributed by atoms with van der Waals surface area (Å²) in [4.78, 5) is 0. The Bertz CT molecular complexity index is 566. The molecular formula is C14H23N3O2S. The molecule has 0 amide bonds. The second-order valence-electron chi connectivity index (χ2n) is 5.08. The van der Waals surface area contributed by atoms with Crippen molar-refractivity contribution in [2.45, 2.75) is 33.1 Å². The lowest BCUT2D eigenvalue weighted by Gasteiger charge is -2.29. The second kappa shape index (κ2) is 6.01. The van der Waals surface area contributed by atoms with Gasteiger partial charge in [0.25, 0.3) is 0 Å². The number of hydrogen-bond acceptors (Lipinski definition) is 3. The molecule has 0 saturated carbocycles. The molecule has 0 aromatic heterocycles. The van der Waals surface area contributed by atoms with Crippen LogP contribution >= 0.6 is 0 Å². The number of rotatable bonds is 6. The number of nitrogens with zero attached hydrogens (tertiary/aromatic N) is 2. The molecule has 0 atom stereocenters. The van der Waals surface area contributed by atoms with E-state index in [1.807, 2.05) is 26.0 Å². The van der Waals surface area contributed by atoms with Crippen molar-refractivity contribution in [2.75, 3.05) is 29.7 Å². The highest BCUT2D eigenvalue weighted by Crippen LogP contribution is 2.36. The third-order valence-electron chi connectivity index (χ3n) is 3.54. The van der Waals surface area contributed by atoms with E-state index >= 15 is 0 Å². The number of anilines is 2. The van der Waals surface area contributed by atoms with Gasteiger partial charge in [-0.05, 0) is 30.9 Å². The predicted molar refractivity (Wildman–Crippen MR) is 83.0 cm³/mol. The van der Waals surface area contributed by atoms with Crippen LogP contribution in [0.3, 0.4) is 0 Å². The summed E-state index contributed by atoms with van der Waals surface area (Å²) in [6.07, 6.45) is 2.35. The SMILES string of the molecule is CCCN(CCC)S(=O)(=O)N1CCc2cccc(N)c21. The van der Waals surface area contributed by atoms with E-state index in [1.54, 1.807) is 10.4 Å². The number of fused-ring (bicyclic) bond motifs is 1. The van der Waals surface area contributed by atoms with Crippen molar-refractivity contribution in [3.05, 3.63) is 23.8 Å². The largest absolute Gasteiger partial charge is 0.397 e. The first kappa shape index (κ1) is 15.1. The van der Waals surface area contributed by atoms with Crippen molar-refractivity contribution in [3.63, 3.8) is 0 Å². The number of nitrogen functional groups attached to an aromatic ring is 1. The highest BCUT2D eigenvalue weighted by molar-refractivity contribution is 7.90. The van der Waals surface area contributed by atoms with Gasteiger partial charge in [0.1, 0.15) is 0 Å². The average molecular weight is 297 g/mol. The molecular weight excluding hydrogens is 274 g/mol. The minimum atomic E-state index is -3.47. The normalized spacial score (nSPS) is 14.8. The van der Waals surface area contributed by atoms with Crippen LogP contribution in [-0.4, -0.2) is 32.4 Å². The maximum Gasteiger partial charge on any atom is 0.304 e. The maximum atomic E-state index is 12.8. The molecule has 20 heavy (non-hydrogen) atoms. The first-order chi connectivity index (χ1) is 9.52. The lowest BCUT2D eigenvalue weighted by molar-refractivity contribution is 0.408. The Kier molecular flexibility index (Phi) is 4.55. The van der Waals surface area contributed by atoms with E-state index < -0.39 is 10.2 Å². The van der Waals surface area contributed by atoms with E-state index in [9.17, 15) is 8.42 Å². The van der Waals surface area contributed by atoms with Gasteiger partial charge in [0, 0.05) is 19.6 Å². The molecule has 1 aromatic rings. The van der Waals surface area contributed by atoms with E-state index in [-0.39, 0.29) is 0 Å². The molecule has 0 radical (unpaired) electrons. The summed E-state index contributed by atoms with van der Waals surface area (Å²) < 4.78 is 28.7. The number of para-hydroxylation sites is 1.